The summed E-state index contributed by atoms with van der Waals surface area (Å²) in [6, 6.07) is 5.50. The quantitative estimate of drug-likeness (QED) is 0.277. The Morgan fingerprint density at radius 3 is 2.35 bits per heavy atom. The first-order valence-electron chi connectivity index (χ1n) is 9.05. The van der Waals surface area contributed by atoms with E-state index in [-0.39, 0.29) is 28.0 Å². The molecule has 1 aliphatic heterocycles. The Morgan fingerprint density at radius 2 is 1.65 bits per heavy atom. The predicted molar refractivity (Wildman–Crippen MR) is 103 cm³/mol. The maximum atomic E-state index is 13.1. The summed E-state index contributed by atoms with van der Waals surface area (Å²) in [5.41, 5.74) is -1.05. The van der Waals surface area contributed by atoms with E-state index in [4.69, 9.17) is 13.9 Å². The number of aliphatic hydroxyl groups is 3. The second-order valence-corrected chi connectivity index (χ2v) is 7.00. The van der Waals surface area contributed by atoms with E-state index in [0.717, 1.165) is 24.3 Å². The van der Waals surface area contributed by atoms with Gasteiger partial charge >= 0.3 is 0 Å². The molecule has 2 aromatic carbocycles. The molecule has 4 atom stereocenters. The van der Waals surface area contributed by atoms with Gasteiger partial charge in [0, 0.05) is 17.7 Å². The molecule has 3 aromatic rings. The van der Waals surface area contributed by atoms with Crippen LogP contribution in [0.25, 0.3) is 22.3 Å². The lowest BCUT2D eigenvalue weighted by molar-refractivity contribution is -0.242. The standard InChI is InChI=1S/C20H18O11/c21-8-4-11(24)14-13(5-8)30-18(7-1-2-9(22)10(23)3-7)19(16(14)27)31-20-17(28)15(26)12(25)6-29-20/h1-5,12,15,17,20-26,28H,6H2/t12-,15+,17+,20-/m0/s1. The second kappa shape index (κ2) is 7.63. The van der Waals surface area contributed by atoms with Gasteiger partial charge in [-0.2, -0.15) is 0 Å². The van der Waals surface area contributed by atoms with Crippen LogP contribution in [0.15, 0.2) is 39.5 Å². The fourth-order valence-corrected chi connectivity index (χ4v) is 3.23. The highest BCUT2D eigenvalue weighted by Crippen LogP contribution is 2.39. The zero-order valence-electron chi connectivity index (χ0n) is 15.7. The number of benzene rings is 2. The molecule has 1 fully saturated rings. The molecule has 0 radical (unpaired) electrons. The molecule has 164 valence electrons. The molecule has 1 saturated heterocycles. The third-order valence-electron chi connectivity index (χ3n) is 4.84. The molecule has 11 nitrogen and oxygen atoms in total. The molecule has 0 spiro atoms. The van der Waals surface area contributed by atoms with Gasteiger partial charge in [-0.15, -0.1) is 0 Å². The van der Waals surface area contributed by atoms with E-state index >= 15 is 0 Å². The molecule has 4 rings (SSSR count). The molecule has 0 aliphatic carbocycles. The number of phenols is 4. The Bertz CT molecular complexity index is 1200. The molecular weight excluding hydrogens is 416 g/mol. The maximum absolute atomic E-state index is 13.1. The lowest BCUT2D eigenvalue weighted by atomic mass is 10.1. The highest BCUT2D eigenvalue weighted by Gasteiger charge is 2.40. The first-order valence-corrected chi connectivity index (χ1v) is 9.05. The maximum Gasteiger partial charge on any atom is 0.239 e. The molecule has 0 saturated carbocycles. The Balaban J connectivity index is 1.92. The Labute approximate surface area is 173 Å². The van der Waals surface area contributed by atoms with Crippen LogP contribution in [0.2, 0.25) is 0 Å². The fraction of sp³-hybridized carbons (Fsp3) is 0.250. The third-order valence-corrected chi connectivity index (χ3v) is 4.84. The van der Waals surface area contributed by atoms with E-state index in [1.54, 1.807) is 0 Å². The van der Waals surface area contributed by atoms with Crippen LogP contribution in [0.4, 0.5) is 0 Å². The topological polar surface area (TPSA) is 190 Å². The number of fused-ring (bicyclic) bond motifs is 1. The second-order valence-electron chi connectivity index (χ2n) is 7.00. The summed E-state index contributed by atoms with van der Waals surface area (Å²) in [5.74, 6) is -2.79. The van der Waals surface area contributed by atoms with Crippen molar-refractivity contribution in [3.05, 3.63) is 40.6 Å². The van der Waals surface area contributed by atoms with Crippen LogP contribution < -0.4 is 10.2 Å². The van der Waals surface area contributed by atoms with Crippen molar-refractivity contribution in [3.8, 4) is 40.1 Å². The molecule has 1 aromatic heterocycles. The van der Waals surface area contributed by atoms with Crippen molar-refractivity contribution in [2.75, 3.05) is 6.61 Å². The van der Waals surface area contributed by atoms with E-state index in [1.807, 2.05) is 0 Å². The monoisotopic (exact) mass is 434 g/mol. The van der Waals surface area contributed by atoms with Crippen molar-refractivity contribution in [2.45, 2.75) is 24.6 Å². The number of aliphatic hydroxyl groups excluding tert-OH is 3. The molecule has 1 aliphatic rings. The number of aromatic hydroxyl groups is 4. The molecule has 11 heteroatoms. The van der Waals surface area contributed by atoms with Gasteiger partial charge in [-0.1, -0.05) is 0 Å². The van der Waals surface area contributed by atoms with Gasteiger partial charge in [0.1, 0.15) is 40.8 Å². The summed E-state index contributed by atoms with van der Waals surface area (Å²) in [6.07, 6.45) is -6.29. The summed E-state index contributed by atoms with van der Waals surface area (Å²) < 4.78 is 16.3. The molecule has 0 unspecified atom stereocenters. The van der Waals surface area contributed by atoms with Crippen LogP contribution in [-0.4, -0.2) is 67.0 Å². The zero-order valence-corrected chi connectivity index (χ0v) is 15.7. The van der Waals surface area contributed by atoms with Crippen LogP contribution in [0.1, 0.15) is 0 Å². The third kappa shape index (κ3) is 3.59. The average molecular weight is 434 g/mol. The van der Waals surface area contributed by atoms with Crippen LogP contribution >= 0.6 is 0 Å². The van der Waals surface area contributed by atoms with E-state index < -0.39 is 59.6 Å². The molecule has 7 N–H and O–H groups in total. The van der Waals surface area contributed by atoms with E-state index in [9.17, 15) is 40.5 Å². The molecule has 2 heterocycles. The normalized spacial score (nSPS) is 23.7. The lowest BCUT2D eigenvalue weighted by Gasteiger charge is -2.34. The van der Waals surface area contributed by atoms with Crippen molar-refractivity contribution in [3.63, 3.8) is 0 Å². The molecule has 31 heavy (non-hydrogen) atoms. The lowest BCUT2D eigenvalue weighted by Crippen LogP contribution is -2.55. The fourth-order valence-electron chi connectivity index (χ4n) is 3.23. The highest BCUT2D eigenvalue weighted by atomic mass is 16.7. The number of hydrogen-bond acceptors (Lipinski definition) is 11. The van der Waals surface area contributed by atoms with E-state index in [2.05, 4.69) is 0 Å². The van der Waals surface area contributed by atoms with Crippen LogP contribution in [0.5, 0.6) is 28.7 Å². The SMILES string of the molecule is O=c1c(O[C@@H]2OC[C@H](O)[C@@H](O)[C@H]2O)c(-c2ccc(O)c(O)c2)oc2cc(O)cc(O)c12. The van der Waals surface area contributed by atoms with E-state index in [1.165, 1.54) is 6.07 Å². The van der Waals surface area contributed by atoms with Crippen molar-refractivity contribution in [1.29, 1.82) is 0 Å². The molecule has 0 amide bonds. The first kappa shape index (κ1) is 20.8. The van der Waals surface area contributed by atoms with Crippen molar-refractivity contribution >= 4 is 11.0 Å². The van der Waals surface area contributed by atoms with Crippen molar-refractivity contribution in [2.24, 2.45) is 0 Å². The Kier molecular flexibility index (Phi) is 5.11. The Morgan fingerprint density at radius 1 is 0.903 bits per heavy atom. The van der Waals surface area contributed by atoms with Crippen molar-refractivity contribution < 1.29 is 49.6 Å². The summed E-state index contributed by atoms with van der Waals surface area (Å²) in [4.78, 5) is 13.1. The number of ether oxygens (including phenoxy) is 2. The predicted octanol–water partition coefficient (Wildman–Crippen LogP) is 0.100. The summed E-state index contributed by atoms with van der Waals surface area (Å²) >= 11 is 0. The number of phenolic OH excluding ortho intramolecular Hbond substituents is 4. The minimum Gasteiger partial charge on any atom is -0.508 e. The first-order chi connectivity index (χ1) is 14.7. The summed E-state index contributed by atoms with van der Waals surface area (Å²) in [5, 5.41) is 68.6. The summed E-state index contributed by atoms with van der Waals surface area (Å²) in [6.45, 7) is -0.393. The van der Waals surface area contributed by atoms with Gasteiger partial charge in [0.15, 0.2) is 17.3 Å². The van der Waals surface area contributed by atoms with Crippen LogP contribution in [0.3, 0.4) is 0 Å². The molecule has 0 bridgehead atoms. The largest absolute Gasteiger partial charge is 0.508 e. The minimum atomic E-state index is -1.73. The number of hydrogen-bond donors (Lipinski definition) is 7. The van der Waals surface area contributed by atoms with Crippen molar-refractivity contribution in [1.82, 2.24) is 0 Å². The van der Waals surface area contributed by atoms with Gasteiger partial charge in [-0.25, -0.2) is 0 Å². The average Bonchev–Trinajstić information content (AvgIpc) is 2.71. The van der Waals surface area contributed by atoms with Gasteiger partial charge in [0.2, 0.25) is 17.5 Å². The van der Waals surface area contributed by atoms with Gasteiger partial charge in [-0.05, 0) is 18.2 Å². The van der Waals surface area contributed by atoms with E-state index in [0.29, 0.717) is 0 Å². The smallest absolute Gasteiger partial charge is 0.239 e. The minimum absolute atomic E-state index is 0.0676. The number of rotatable bonds is 3. The van der Waals surface area contributed by atoms with Gasteiger partial charge in [-0.3, -0.25) is 4.79 Å². The van der Waals surface area contributed by atoms with Crippen LogP contribution in [0, 0.1) is 0 Å². The Hall–Kier alpha value is -3.51. The summed E-state index contributed by atoms with van der Waals surface area (Å²) in [7, 11) is 0. The van der Waals surface area contributed by atoms with Gasteiger partial charge in [0.05, 0.1) is 6.61 Å². The zero-order chi connectivity index (χ0) is 22.4. The molecular formula is C20H18O11. The van der Waals surface area contributed by atoms with Crippen LogP contribution in [-0.2, 0) is 4.74 Å². The highest BCUT2D eigenvalue weighted by molar-refractivity contribution is 5.88. The van der Waals surface area contributed by atoms with Gasteiger partial charge in [0.25, 0.3) is 0 Å². The van der Waals surface area contributed by atoms with Gasteiger partial charge < -0.3 is 49.6 Å².